The van der Waals surface area contributed by atoms with Crippen LogP contribution < -0.4 is 11.1 Å². The van der Waals surface area contributed by atoms with Crippen molar-refractivity contribution in [2.24, 2.45) is 11.7 Å². The van der Waals surface area contributed by atoms with Crippen LogP contribution in [0.3, 0.4) is 0 Å². The zero-order valence-electron chi connectivity index (χ0n) is 17.6. The minimum absolute atomic E-state index is 0.357. The topological polar surface area (TPSA) is 150 Å². The Morgan fingerprint density at radius 2 is 1.45 bits per heavy atom. The predicted octanol–water partition coefficient (Wildman–Crippen LogP) is 2.14. The minimum Gasteiger partial charge on any atom is -0.480 e. The van der Waals surface area contributed by atoms with Gasteiger partial charge >= 0.3 is 17.9 Å². The molecule has 0 aromatic heterocycles. The highest BCUT2D eigenvalue weighted by Crippen LogP contribution is 2.09. The molecule has 0 saturated heterocycles. The number of aliphatic carboxylic acids is 3. The zero-order chi connectivity index (χ0) is 22.6. The highest BCUT2D eigenvalue weighted by Gasteiger charge is 2.22. The molecule has 8 heteroatoms. The molecule has 0 bridgehead atoms. The van der Waals surface area contributed by atoms with E-state index >= 15 is 0 Å². The average Bonchev–Trinajstić information content (AvgIpc) is 2.64. The molecule has 0 fully saturated rings. The fourth-order valence-electron chi connectivity index (χ4n) is 2.51. The normalized spacial score (nSPS) is 13.7. The van der Waals surface area contributed by atoms with Crippen LogP contribution in [0.5, 0.6) is 0 Å². The number of rotatable bonds is 11. The number of carboxylic acids is 3. The van der Waals surface area contributed by atoms with Gasteiger partial charge in [0.05, 0.1) is 0 Å². The Hall–Kier alpha value is -2.45. The summed E-state index contributed by atoms with van der Waals surface area (Å²) in [6.07, 6.45) is 2.48. The molecule has 29 heavy (non-hydrogen) atoms. The Labute approximate surface area is 172 Å². The summed E-state index contributed by atoms with van der Waals surface area (Å²) >= 11 is 0. The number of carbonyl (C=O) groups is 3. The summed E-state index contributed by atoms with van der Waals surface area (Å²) < 4.78 is 0. The van der Waals surface area contributed by atoms with Gasteiger partial charge in [-0.1, -0.05) is 45.0 Å². The van der Waals surface area contributed by atoms with Gasteiger partial charge in [0.25, 0.3) is 0 Å². The molecule has 1 unspecified atom stereocenters. The smallest absolute Gasteiger partial charge is 0.320 e. The zero-order valence-corrected chi connectivity index (χ0v) is 17.6. The van der Waals surface area contributed by atoms with Crippen LogP contribution in [0.1, 0.15) is 51.7 Å². The first-order valence-electron chi connectivity index (χ1n) is 9.75. The molecule has 0 radical (unpaired) electrons. The van der Waals surface area contributed by atoms with Crippen LogP contribution in [0.4, 0.5) is 0 Å². The van der Waals surface area contributed by atoms with Crippen LogP contribution in [0.15, 0.2) is 24.3 Å². The molecule has 8 nitrogen and oxygen atoms in total. The van der Waals surface area contributed by atoms with E-state index in [0.29, 0.717) is 25.2 Å². The van der Waals surface area contributed by atoms with E-state index < -0.39 is 36.0 Å². The van der Waals surface area contributed by atoms with E-state index in [-0.39, 0.29) is 0 Å². The molecule has 0 heterocycles. The standard InChI is InChI=1S/C15H21NO4.C6H13NO2/c1-3-11-4-6-12(7-5-11)8-9-13(15(19)20)16-10(2)14(17)18;1-4(2)3-5(7)6(8)9/h4-7,10,13,16H,3,8-9H2,1-2H3,(H,17,18)(H,19,20);4-5H,3,7H2,1-2H3,(H,8,9)/t10-,13+;/m1./s1. The average molecular weight is 411 g/mol. The Balaban J connectivity index is 0.000000734. The van der Waals surface area contributed by atoms with Gasteiger partial charge in [0, 0.05) is 0 Å². The van der Waals surface area contributed by atoms with Gasteiger partial charge in [-0.2, -0.15) is 0 Å². The molecule has 0 saturated carbocycles. The van der Waals surface area contributed by atoms with Crippen molar-refractivity contribution in [2.75, 3.05) is 0 Å². The maximum Gasteiger partial charge on any atom is 0.320 e. The van der Waals surface area contributed by atoms with E-state index in [9.17, 15) is 14.4 Å². The second-order valence-electron chi connectivity index (χ2n) is 7.40. The first-order chi connectivity index (χ1) is 13.5. The monoisotopic (exact) mass is 410 g/mol. The summed E-state index contributed by atoms with van der Waals surface area (Å²) in [6.45, 7) is 7.41. The Kier molecular flexibility index (Phi) is 12.5. The number of hydrogen-bond acceptors (Lipinski definition) is 5. The summed E-state index contributed by atoms with van der Waals surface area (Å²) in [5.74, 6) is -2.63. The lowest BCUT2D eigenvalue weighted by molar-refractivity contribution is -0.142. The third-order valence-electron chi connectivity index (χ3n) is 4.32. The Morgan fingerprint density at radius 1 is 0.931 bits per heavy atom. The molecule has 0 aliphatic rings. The van der Waals surface area contributed by atoms with Crippen molar-refractivity contribution in [2.45, 2.75) is 71.5 Å². The van der Waals surface area contributed by atoms with Crippen molar-refractivity contribution < 1.29 is 29.7 Å². The van der Waals surface area contributed by atoms with Crippen molar-refractivity contribution in [3.05, 3.63) is 35.4 Å². The number of benzene rings is 1. The highest BCUT2D eigenvalue weighted by molar-refractivity contribution is 5.77. The lowest BCUT2D eigenvalue weighted by Crippen LogP contribution is -2.45. The van der Waals surface area contributed by atoms with Gasteiger partial charge in [0.1, 0.15) is 18.1 Å². The summed E-state index contributed by atoms with van der Waals surface area (Å²) in [4.78, 5) is 32.0. The number of carboxylic acid groups (broad SMARTS) is 3. The van der Waals surface area contributed by atoms with Crippen molar-refractivity contribution in [1.29, 1.82) is 0 Å². The Bertz CT molecular complexity index is 645. The SMILES string of the molecule is CC(C)CC(N)C(=O)O.CCc1ccc(CC[C@H](N[C@H](C)C(=O)O)C(=O)O)cc1. The van der Waals surface area contributed by atoms with E-state index in [4.69, 9.17) is 21.1 Å². The lowest BCUT2D eigenvalue weighted by atomic mass is 10.0. The molecular formula is C21H34N2O6. The molecule has 0 aliphatic carbocycles. The van der Waals surface area contributed by atoms with Gasteiger partial charge in [-0.05, 0) is 49.7 Å². The first-order valence-corrected chi connectivity index (χ1v) is 9.75. The highest BCUT2D eigenvalue weighted by atomic mass is 16.4. The molecule has 1 aromatic carbocycles. The second kappa shape index (κ2) is 13.7. The maximum absolute atomic E-state index is 11.1. The van der Waals surface area contributed by atoms with Crippen molar-refractivity contribution in [3.63, 3.8) is 0 Å². The first kappa shape index (κ1) is 26.6. The van der Waals surface area contributed by atoms with E-state index in [2.05, 4.69) is 12.2 Å². The number of nitrogens with one attached hydrogen (secondary N) is 1. The third-order valence-corrected chi connectivity index (χ3v) is 4.32. The van der Waals surface area contributed by atoms with Crippen LogP contribution in [-0.2, 0) is 27.2 Å². The van der Waals surface area contributed by atoms with E-state index in [1.807, 2.05) is 38.1 Å². The van der Waals surface area contributed by atoms with Gasteiger partial charge in [-0.3, -0.25) is 19.7 Å². The van der Waals surface area contributed by atoms with Crippen LogP contribution in [0.2, 0.25) is 0 Å². The molecule has 0 amide bonds. The largest absolute Gasteiger partial charge is 0.480 e. The van der Waals surface area contributed by atoms with Crippen LogP contribution in [0.25, 0.3) is 0 Å². The Morgan fingerprint density at radius 3 is 1.79 bits per heavy atom. The predicted molar refractivity (Wildman–Crippen MR) is 111 cm³/mol. The number of aryl methyl sites for hydroxylation is 2. The summed E-state index contributed by atoms with van der Waals surface area (Å²) in [5.41, 5.74) is 7.51. The summed E-state index contributed by atoms with van der Waals surface area (Å²) in [6, 6.07) is 5.60. The molecule has 1 aromatic rings. The number of nitrogens with two attached hydrogens (primary N) is 1. The van der Waals surface area contributed by atoms with Crippen LogP contribution in [0, 0.1) is 5.92 Å². The lowest BCUT2D eigenvalue weighted by Gasteiger charge is -2.17. The van der Waals surface area contributed by atoms with Gasteiger partial charge in [0.2, 0.25) is 0 Å². The van der Waals surface area contributed by atoms with E-state index in [1.165, 1.54) is 12.5 Å². The maximum atomic E-state index is 11.1. The minimum atomic E-state index is -1.05. The van der Waals surface area contributed by atoms with E-state index in [0.717, 1.165) is 12.0 Å². The van der Waals surface area contributed by atoms with E-state index in [1.54, 1.807) is 0 Å². The third kappa shape index (κ3) is 11.9. The summed E-state index contributed by atoms with van der Waals surface area (Å²) in [5, 5.41) is 28.8. The van der Waals surface area contributed by atoms with Crippen molar-refractivity contribution in [1.82, 2.24) is 5.32 Å². The quantitative estimate of drug-likeness (QED) is 0.372. The molecular weight excluding hydrogens is 376 g/mol. The van der Waals surface area contributed by atoms with Crippen molar-refractivity contribution in [3.8, 4) is 0 Å². The molecule has 3 atom stereocenters. The molecule has 0 spiro atoms. The fourth-order valence-corrected chi connectivity index (χ4v) is 2.51. The van der Waals surface area contributed by atoms with Gasteiger partial charge in [0.15, 0.2) is 0 Å². The van der Waals surface area contributed by atoms with Crippen LogP contribution >= 0.6 is 0 Å². The molecule has 0 aliphatic heterocycles. The van der Waals surface area contributed by atoms with Crippen LogP contribution in [-0.4, -0.2) is 51.4 Å². The molecule has 164 valence electrons. The van der Waals surface area contributed by atoms with Gasteiger partial charge in [-0.25, -0.2) is 0 Å². The fraction of sp³-hybridized carbons (Fsp3) is 0.571. The van der Waals surface area contributed by atoms with Gasteiger partial charge < -0.3 is 21.1 Å². The molecule has 6 N–H and O–H groups in total. The summed E-state index contributed by atoms with van der Waals surface area (Å²) in [7, 11) is 0. The molecule has 1 rings (SSSR count). The number of hydrogen-bond donors (Lipinski definition) is 5. The van der Waals surface area contributed by atoms with Gasteiger partial charge in [-0.15, -0.1) is 0 Å². The second-order valence-corrected chi connectivity index (χ2v) is 7.40. The van der Waals surface area contributed by atoms with Crippen molar-refractivity contribution >= 4 is 17.9 Å².